The molecule has 1 aromatic rings. The SMILES string of the molecule is CCCN1CCN(c2cccc3c2CC(NC(C)=O)CC3)CC1. The molecule has 126 valence electrons. The highest BCUT2D eigenvalue weighted by molar-refractivity contribution is 5.73. The molecular formula is C19H29N3O. The van der Waals surface area contributed by atoms with Crippen LogP contribution in [0.3, 0.4) is 0 Å². The summed E-state index contributed by atoms with van der Waals surface area (Å²) < 4.78 is 0. The largest absolute Gasteiger partial charge is 0.369 e. The van der Waals surface area contributed by atoms with Gasteiger partial charge in [-0.15, -0.1) is 0 Å². The Morgan fingerprint density at radius 2 is 2.04 bits per heavy atom. The lowest BCUT2D eigenvalue weighted by atomic mass is 9.86. The van der Waals surface area contributed by atoms with Crippen LogP contribution in [0.1, 0.15) is 37.8 Å². The van der Waals surface area contributed by atoms with E-state index in [-0.39, 0.29) is 5.91 Å². The number of carbonyl (C=O) groups excluding carboxylic acids is 1. The Labute approximate surface area is 139 Å². The van der Waals surface area contributed by atoms with Crippen LogP contribution in [0.15, 0.2) is 18.2 Å². The number of hydrogen-bond donors (Lipinski definition) is 1. The van der Waals surface area contributed by atoms with Gasteiger partial charge in [-0.05, 0) is 49.4 Å². The van der Waals surface area contributed by atoms with Gasteiger partial charge in [-0.2, -0.15) is 0 Å². The van der Waals surface area contributed by atoms with Gasteiger partial charge < -0.3 is 10.2 Å². The molecule has 1 fully saturated rings. The van der Waals surface area contributed by atoms with E-state index < -0.39 is 0 Å². The second kappa shape index (κ2) is 7.35. The van der Waals surface area contributed by atoms with Crippen molar-refractivity contribution in [3.8, 4) is 0 Å². The Morgan fingerprint density at radius 1 is 1.26 bits per heavy atom. The number of piperazine rings is 1. The molecule has 1 heterocycles. The molecule has 4 heteroatoms. The first kappa shape index (κ1) is 16.3. The third-order valence-corrected chi connectivity index (χ3v) is 5.12. The van der Waals surface area contributed by atoms with Gasteiger partial charge in [0.1, 0.15) is 0 Å². The number of amides is 1. The molecule has 0 radical (unpaired) electrons. The molecule has 1 unspecified atom stereocenters. The minimum atomic E-state index is 0.0871. The number of nitrogens with one attached hydrogen (secondary N) is 1. The van der Waals surface area contributed by atoms with Crippen LogP contribution in [-0.2, 0) is 17.6 Å². The van der Waals surface area contributed by atoms with Gasteiger partial charge in [0.15, 0.2) is 0 Å². The van der Waals surface area contributed by atoms with E-state index in [1.807, 2.05) is 0 Å². The molecule has 3 rings (SSSR count). The highest BCUT2D eigenvalue weighted by Crippen LogP contribution is 2.31. The molecule has 1 atom stereocenters. The molecule has 1 amide bonds. The molecule has 0 aromatic heterocycles. The molecule has 0 spiro atoms. The number of nitrogens with zero attached hydrogens (tertiary/aromatic N) is 2. The monoisotopic (exact) mass is 315 g/mol. The molecule has 1 aliphatic carbocycles. The topological polar surface area (TPSA) is 35.6 Å². The van der Waals surface area contributed by atoms with Crippen LogP contribution in [0.2, 0.25) is 0 Å². The first-order valence-electron chi connectivity index (χ1n) is 9.02. The average Bonchev–Trinajstić information content (AvgIpc) is 2.55. The highest BCUT2D eigenvalue weighted by atomic mass is 16.1. The van der Waals surface area contributed by atoms with E-state index >= 15 is 0 Å². The van der Waals surface area contributed by atoms with E-state index in [9.17, 15) is 4.79 Å². The molecular weight excluding hydrogens is 286 g/mol. The van der Waals surface area contributed by atoms with Crippen molar-refractivity contribution in [1.82, 2.24) is 10.2 Å². The summed E-state index contributed by atoms with van der Waals surface area (Å²) >= 11 is 0. The smallest absolute Gasteiger partial charge is 0.217 e. The summed E-state index contributed by atoms with van der Waals surface area (Å²) in [4.78, 5) is 16.5. The van der Waals surface area contributed by atoms with Crippen molar-refractivity contribution in [2.45, 2.75) is 45.6 Å². The lowest BCUT2D eigenvalue weighted by Crippen LogP contribution is -2.47. The first-order chi connectivity index (χ1) is 11.2. The normalized spacial score (nSPS) is 21.8. The summed E-state index contributed by atoms with van der Waals surface area (Å²) in [6.45, 7) is 9.63. The van der Waals surface area contributed by atoms with E-state index in [2.05, 4.69) is 40.2 Å². The lowest BCUT2D eigenvalue weighted by Gasteiger charge is -2.38. The zero-order chi connectivity index (χ0) is 16.2. The van der Waals surface area contributed by atoms with Gasteiger partial charge in [0, 0.05) is 44.8 Å². The maximum atomic E-state index is 11.4. The minimum Gasteiger partial charge on any atom is -0.369 e. The number of carbonyl (C=O) groups is 1. The molecule has 23 heavy (non-hydrogen) atoms. The molecule has 1 aliphatic heterocycles. The number of fused-ring (bicyclic) bond motifs is 1. The van der Waals surface area contributed by atoms with Gasteiger partial charge in [0.05, 0.1) is 0 Å². The van der Waals surface area contributed by atoms with Crippen molar-refractivity contribution in [2.75, 3.05) is 37.6 Å². The quantitative estimate of drug-likeness (QED) is 0.925. The number of anilines is 1. The second-order valence-corrected chi connectivity index (χ2v) is 6.88. The van der Waals surface area contributed by atoms with Gasteiger partial charge in [0.2, 0.25) is 5.91 Å². The van der Waals surface area contributed by atoms with E-state index in [4.69, 9.17) is 0 Å². The molecule has 1 saturated heterocycles. The van der Waals surface area contributed by atoms with Crippen molar-refractivity contribution in [3.05, 3.63) is 29.3 Å². The summed E-state index contributed by atoms with van der Waals surface area (Å²) in [7, 11) is 0. The molecule has 1 aromatic carbocycles. The standard InChI is InChI=1S/C19H29N3O/c1-3-9-21-10-12-22(13-11-21)19-6-4-5-16-7-8-17(14-18(16)19)20-15(2)23/h4-6,17H,3,7-14H2,1-2H3,(H,20,23). The Morgan fingerprint density at radius 3 is 2.74 bits per heavy atom. The summed E-state index contributed by atoms with van der Waals surface area (Å²) in [6.07, 6.45) is 4.34. The number of aryl methyl sites for hydroxylation is 1. The summed E-state index contributed by atoms with van der Waals surface area (Å²) in [5.41, 5.74) is 4.33. The maximum Gasteiger partial charge on any atom is 0.217 e. The highest BCUT2D eigenvalue weighted by Gasteiger charge is 2.25. The Balaban J connectivity index is 1.73. The summed E-state index contributed by atoms with van der Waals surface area (Å²) in [6, 6.07) is 7.02. The molecule has 4 nitrogen and oxygen atoms in total. The van der Waals surface area contributed by atoms with Crippen molar-refractivity contribution in [2.24, 2.45) is 0 Å². The van der Waals surface area contributed by atoms with E-state index in [0.717, 1.165) is 45.4 Å². The van der Waals surface area contributed by atoms with Gasteiger partial charge in [-0.3, -0.25) is 9.69 Å². The predicted molar refractivity (Wildman–Crippen MR) is 95.0 cm³/mol. The van der Waals surface area contributed by atoms with Gasteiger partial charge in [-0.25, -0.2) is 0 Å². The molecule has 2 aliphatic rings. The minimum absolute atomic E-state index is 0.0871. The second-order valence-electron chi connectivity index (χ2n) is 6.88. The van der Waals surface area contributed by atoms with Crippen LogP contribution in [-0.4, -0.2) is 49.6 Å². The first-order valence-corrected chi connectivity index (χ1v) is 9.02. The van der Waals surface area contributed by atoms with Crippen LogP contribution in [0.25, 0.3) is 0 Å². The fraction of sp³-hybridized carbons (Fsp3) is 0.632. The van der Waals surface area contributed by atoms with Crippen LogP contribution in [0, 0.1) is 0 Å². The third kappa shape index (κ3) is 3.86. The number of benzene rings is 1. The molecule has 1 N–H and O–H groups in total. The van der Waals surface area contributed by atoms with Crippen molar-refractivity contribution in [1.29, 1.82) is 0 Å². The molecule has 0 bridgehead atoms. The van der Waals surface area contributed by atoms with E-state index in [1.54, 1.807) is 6.92 Å². The molecule has 0 saturated carbocycles. The van der Waals surface area contributed by atoms with Crippen LogP contribution in [0.4, 0.5) is 5.69 Å². The van der Waals surface area contributed by atoms with Crippen molar-refractivity contribution in [3.63, 3.8) is 0 Å². The lowest BCUT2D eigenvalue weighted by molar-refractivity contribution is -0.119. The zero-order valence-electron chi connectivity index (χ0n) is 14.5. The van der Waals surface area contributed by atoms with Crippen LogP contribution >= 0.6 is 0 Å². The van der Waals surface area contributed by atoms with E-state index in [1.165, 1.54) is 29.8 Å². The van der Waals surface area contributed by atoms with Crippen LogP contribution < -0.4 is 10.2 Å². The Kier molecular flexibility index (Phi) is 5.21. The van der Waals surface area contributed by atoms with E-state index in [0.29, 0.717) is 6.04 Å². The van der Waals surface area contributed by atoms with Gasteiger partial charge >= 0.3 is 0 Å². The number of rotatable bonds is 4. The van der Waals surface area contributed by atoms with Gasteiger partial charge in [0.25, 0.3) is 0 Å². The maximum absolute atomic E-state index is 11.4. The van der Waals surface area contributed by atoms with Crippen LogP contribution in [0.5, 0.6) is 0 Å². The zero-order valence-corrected chi connectivity index (χ0v) is 14.5. The van der Waals surface area contributed by atoms with Crippen molar-refractivity contribution < 1.29 is 4.79 Å². The fourth-order valence-electron chi connectivity index (χ4n) is 4.00. The average molecular weight is 315 g/mol. The Bertz CT molecular complexity index is 550. The van der Waals surface area contributed by atoms with Crippen molar-refractivity contribution >= 4 is 11.6 Å². The predicted octanol–water partition coefficient (Wildman–Crippen LogP) is 2.21. The third-order valence-electron chi connectivity index (χ3n) is 5.12. The number of hydrogen-bond acceptors (Lipinski definition) is 3. The Hall–Kier alpha value is -1.55. The fourth-order valence-corrected chi connectivity index (χ4v) is 4.00. The summed E-state index contributed by atoms with van der Waals surface area (Å²) in [5.74, 6) is 0.0871. The van der Waals surface area contributed by atoms with Gasteiger partial charge in [-0.1, -0.05) is 19.1 Å². The summed E-state index contributed by atoms with van der Waals surface area (Å²) in [5, 5.41) is 3.11.